The SMILES string of the molecule is CC.[3H]c1c(B(O)O)n(CC(=O)N2CCOCC2)c2ccccc12. The molecule has 0 saturated carbocycles. The summed E-state index contributed by atoms with van der Waals surface area (Å²) in [5.41, 5.74) is 0.694. The zero-order valence-electron chi connectivity index (χ0n) is 14.5. The number of aromatic nitrogens is 1. The van der Waals surface area contributed by atoms with Crippen LogP contribution in [-0.4, -0.2) is 58.8 Å². The number of nitrogens with zero attached hydrogens (tertiary/aromatic N) is 2. The van der Waals surface area contributed by atoms with Crippen LogP contribution in [0.2, 0.25) is 0 Å². The summed E-state index contributed by atoms with van der Waals surface area (Å²) < 4.78 is 14.8. The Kier molecular flexibility index (Phi) is 5.68. The van der Waals surface area contributed by atoms with Crippen molar-refractivity contribution in [3.63, 3.8) is 0 Å². The first kappa shape index (κ1) is 16.0. The third kappa shape index (κ3) is 3.93. The van der Waals surface area contributed by atoms with Gasteiger partial charge in [-0.15, -0.1) is 0 Å². The van der Waals surface area contributed by atoms with Crippen LogP contribution in [0.5, 0.6) is 0 Å². The minimum Gasteiger partial charge on any atom is -0.422 e. The molecule has 1 aromatic heterocycles. The van der Waals surface area contributed by atoms with E-state index >= 15 is 0 Å². The van der Waals surface area contributed by atoms with E-state index in [0.29, 0.717) is 37.2 Å². The summed E-state index contributed by atoms with van der Waals surface area (Å²) in [5, 5.41) is 19.8. The van der Waals surface area contributed by atoms with Crippen molar-refractivity contribution in [2.45, 2.75) is 20.4 Å². The summed E-state index contributed by atoms with van der Waals surface area (Å²) in [6.07, 6.45) is 0. The topological polar surface area (TPSA) is 74.9 Å². The number of benzene rings is 1. The zero-order chi connectivity index (χ0) is 17.7. The smallest absolute Gasteiger partial charge is 0.422 e. The second-order valence-electron chi connectivity index (χ2n) is 4.98. The van der Waals surface area contributed by atoms with Crippen molar-refractivity contribution in [2.75, 3.05) is 26.3 Å². The monoisotopic (exact) mass is 320 g/mol. The highest BCUT2D eigenvalue weighted by molar-refractivity contribution is 6.58. The van der Waals surface area contributed by atoms with E-state index < -0.39 is 7.12 Å². The van der Waals surface area contributed by atoms with Crippen LogP contribution < -0.4 is 5.59 Å². The Labute approximate surface area is 137 Å². The molecule has 1 aromatic carbocycles. The third-order valence-electron chi connectivity index (χ3n) is 3.65. The van der Waals surface area contributed by atoms with Gasteiger partial charge in [-0.2, -0.15) is 0 Å². The molecule has 1 saturated heterocycles. The average Bonchev–Trinajstić information content (AvgIpc) is 2.90. The summed E-state index contributed by atoms with van der Waals surface area (Å²) in [7, 11) is -1.79. The van der Waals surface area contributed by atoms with Gasteiger partial charge in [0.1, 0.15) is 6.54 Å². The molecule has 0 atom stereocenters. The molecular formula is C16H23BN2O4. The fourth-order valence-electron chi connectivity index (χ4n) is 2.57. The molecule has 1 aliphatic heterocycles. The van der Waals surface area contributed by atoms with Gasteiger partial charge in [0, 0.05) is 24.2 Å². The number of fused-ring (bicyclic) bond motifs is 1. The van der Waals surface area contributed by atoms with Crippen molar-refractivity contribution >= 4 is 29.5 Å². The quantitative estimate of drug-likeness (QED) is 0.793. The van der Waals surface area contributed by atoms with Crippen LogP contribution in [0.15, 0.2) is 30.3 Å². The Morgan fingerprint density at radius 3 is 2.61 bits per heavy atom. The van der Waals surface area contributed by atoms with E-state index in [9.17, 15) is 14.8 Å². The molecule has 2 aromatic rings. The Hall–Kier alpha value is -1.83. The van der Waals surface area contributed by atoms with E-state index in [1.807, 2.05) is 13.8 Å². The number of ether oxygens (including phenoxy) is 1. The fraction of sp³-hybridized carbons (Fsp3) is 0.438. The number of hydrogen-bond acceptors (Lipinski definition) is 4. The molecule has 124 valence electrons. The van der Waals surface area contributed by atoms with Crippen LogP contribution in [0.1, 0.15) is 15.2 Å². The lowest BCUT2D eigenvalue weighted by Crippen LogP contribution is -2.44. The maximum atomic E-state index is 12.4. The maximum Gasteiger partial charge on any atom is 0.505 e. The van der Waals surface area contributed by atoms with Crippen LogP contribution in [0.4, 0.5) is 0 Å². The molecule has 1 aliphatic rings. The van der Waals surface area contributed by atoms with E-state index in [0.717, 1.165) is 0 Å². The summed E-state index contributed by atoms with van der Waals surface area (Å²) >= 11 is 0. The summed E-state index contributed by atoms with van der Waals surface area (Å²) in [6.45, 7) is 6.06. The number of rotatable bonds is 3. The maximum absolute atomic E-state index is 12.4. The number of carbonyl (C=O) groups excluding carboxylic acids is 1. The lowest BCUT2D eigenvalue weighted by Gasteiger charge is -2.27. The number of carbonyl (C=O) groups is 1. The van der Waals surface area contributed by atoms with Gasteiger partial charge in [0.2, 0.25) is 5.91 Å². The van der Waals surface area contributed by atoms with E-state index in [-0.39, 0.29) is 24.1 Å². The Morgan fingerprint density at radius 1 is 1.30 bits per heavy atom. The molecule has 0 bridgehead atoms. The molecular weight excluding hydrogens is 295 g/mol. The van der Waals surface area contributed by atoms with Crippen LogP contribution in [0.25, 0.3) is 10.9 Å². The van der Waals surface area contributed by atoms with E-state index in [1.54, 1.807) is 29.2 Å². The summed E-state index contributed by atoms with van der Waals surface area (Å²) in [5.74, 6) is -0.119. The number of amides is 1. The summed E-state index contributed by atoms with van der Waals surface area (Å²) in [6, 6.07) is 7.12. The van der Waals surface area contributed by atoms with Crippen molar-refractivity contribution in [1.29, 1.82) is 0 Å². The first-order chi connectivity index (χ1) is 11.6. The molecule has 3 rings (SSSR count). The minimum absolute atomic E-state index is 0.0215. The molecule has 0 radical (unpaired) electrons. The zero-order valence-corrected chi connectivity index (χ0v) is 13.5. The van der Waals surface area contributed by atoms with Gasteiger partial charge >= 0.3 is 7.12 Å². The molecule has 23 heavy (non-hydrogen) atoms. The van der Waals surface area contributed by atoms with Crippen LogP contribution in [-0.2, 0) is 16.1 Å². The minimum atomic E-state index is -1.79. The Balaban J connectivity index is 0.00000100. The first-order valence-electron chi connectivity index (χ1n) is 8.39. The van der Waals surface area contributed by atoms with E-state index in [4.69, 9.17) is 6.11 Å². The van der Waals surface area contributed by atoms with Gasteiger partial charge in [0.05, 0.1) is 14.6 Å². The molecule has 0 spiro atoms. The van der Waals surface area contributed by atoms with Gasteiger partial charge in [-0.25, -0.2) is 0 Å². The predicted octanol–water partition coefficient (Wildman–Crippen LogP) is 0.206. The average molecular weight is 320 g/mol. The predicted molar refractivity (Wildman–Crippen MR) is 90.5 cm³/mol. The standard InChI is InChI=1S/C14H17BN2O4.C2H6/c18-14(16-5-7-21-8-6-16)10-17-12-4-2-1-3-11(12)9-13(17)15(19)20;1-2/h1-4,9,19-20H,5-8,10H2;1-2H3/i9T;. The van der Waals surface area contributed by atoms with Gasteiger partial charge in [0.15, 0.2) is 0 Å². The van der Waals surface area contributed by atoms with Gasteiger partial charge < -0.3 is 24.3 Å². The van der Waals surface area contributed by atoms with Crippen LogP contribution in [0, 0.1) is 0 Å². The lowest BCUT2D eigenvalue weighted by molar-refractivity contribution is -0.135. The van der Waals surface area contributed by atoms with Crippen molar-refractivity contribution in [3.05, 3.63) is 30.3 Å². The highest BCUT2D eigenvalue weighted by Gasteiger charge is 2.23. The number of morpholine rings is 1. The number of hydrogen-bond donors (Lipinski definition) is 2. The fourth-order valence-corrected chi connectivity index (χ4v) is 2.57. The Bertz CT molecular complexity index is 699. The molecule has 0 aliphatic carbocycles. The third-order valence-corrected chi connectivity index (χ3v) is 3.65. The molecule has 6 nitrogen and oxygen atoms in total. The van der Waals surface area contributed by atoms with Crippen LogP contribution in [0.3, 0.4) is 0 Å². The molecule has 7 heteroatoms. The van der Waals surface area contributed by atoms with Crippen LogP contribution >= 0.6 is 0 Å². The van der Waals surface area contributed by atoms with Crippen molar-refractivity contribution in [2.24, 2.45) is 0 Å². The normalized spacial score (nSPS) is 15.0. The second kappa shape index (κ2) is 8.15. The second-order valence-corrected chi connectivity index (χ2v) is 4.98. The van der Waals surface area contributed by atoms with Crippen molar-refractivity contribution < 1.29 is 21.0 Å². The van der Waals surface area contributed by atoms with Gasteiger partial charge in [-0.1, -0.05) is 32.0 Å². The van der Waals surface area contributed by atoms with Gasteiger partial charge in [-0.05, 0) is 17.5 Å². The van der Waals surface area contributed by atoms with Gasteiger partial charge in [0.25, 0.3) is 0 Å². The molecule has 2 N–H and O–H groups in total. The van der Waals surface area contributed by atoms with Gasteiger partial charge in [-0.3, -0.25) is 4.79 Å². The molecule has 0 unspecified atom stereocenters. The van der Waals surface area contributed by atoms with Crippen molar-refractivity contribution in [1.82, 2.24) is 9.47 Å². The largest absolute Gasteiger partial charge is 0.505 e. The lowest BCUT2D eigenvalue weighted by atomic mass is 9.86. The van der Waals surface area contributed by atoms with Crippen molar-refractivity contribution in [3.8, 4) is 0 Å². The first-order valence-corrected chi connectivity index (χ1v) is 7.89. The van der Waals surface area contributed by atoms with E-state index in [1.165, 1.54) is 4.57 Å². The highest BCUT2D eigenvalue weighted by Crippen LogP contribution is 2.14. The molecule has 1 fully saturated rings. The number of para-hydroxylation sites is 1. The Morgan fingerprint density at radius 2 is 1.96 bits per heavy atom. The van der Waals surface area contributed by atoms with E-state index in [2.05, 4.69) is 0 Å². The summed E-state index contributed by atoms with van der Waals surface area (Å²) in [4.78, 5) is 14.1. The molecule has 1 amide bonds. The molecule has 2 heterocycles. The highest BCUT2D eigenvalue weighted by atomic mass is 16.5.